The lowest BCUT2D eigenvalue weighted by Gasteiger charge is -2.45. The van der Waals surface area contributed by atoms with Crippen LogP contribution in [0.2, 0.25) is 0 Å². The van der Waals surface area contributed by atoms with Crippen molar-refractivity contribution in [1.29, 1.82) is 0 Å². The van der Waals surface area contributed by atoms with Crippen molar-refractivity contribution in [2.24, 2.45) is 5.92 Å². The van der Waals surface area contributed by atoms with Crippen LogP contribution in [0.15, 0.2) is 60.8 Å². The lowest BCUT2D eigenvalue weighted by Crippen LogP contribution is -2.48. The molecule has 5 rings (SSSR count). The summed E-state index contributed by atoms with van der Waals surface area (Å²) < 4.78 is 0. The van der Waals surface area contributed by atoms with Crippen molar-refractivity contribution in [2.45, 2.75) is 50.0 Å². The fourth-order valence-corrected chi connectivity index (χ4v) is 6.27. The molecule has 3 aromatic rings. The summed E-state index contributed by atoms with van der Waals surface area (Å²) in [5.74, 6) is 1.08. The van der Waals surface area contributed by atoms with Crippen LogP contribution in [0.25, 0.3) is 10.9 Å². The third-order valence-corrected chi connectivity index (χ3v) is 8.48. The van der Waals surface area contributed by atoms with Gasteiger partial charge in [0.05, 0.1) is 0 Å². The highest BCUT2D eigenvalue weighted by Crippen LogP contribution is 2.43. The lowest BCUT2D eigenvalue weighted by molar-refractivity contribution is 0.0770. The van der Waals surface area contributed by atoms with Gasteiger partial charge in [-0.05, 0) is 81.6 Å². The number of urea groups is 1. The van der Waals surface area contributed by atoms with E-state index in [-0.39, 0.29) is 11.6 Å². The predicted molar refractivity (Wildman–Crippen MR) is 139 cm³/mol. The van der Waals surface area contributed by atoms with E-state index in [4.69, 9.17) is 0 Å². The SMILES string of the molecule is CN(C)C1(c2ccccc2)CCC(CNC(=O)N2CCC(c3c[nH]c4ccccc34)CC2)CC1. The molecule has 0 radical (unpaired) electrons. The van der Waals surface area contributed by atoms with Gasteiger partial charge in [-0.1, -0.05) is 48.5 Å². The van der Waals surface area contributed by atoms with E-state index < -0.39 is 0 Å². The van der Waals surface area contributed by atoms with E-state index in [0.717, 1.165) is 58.2 Å². The Morgan fingerprint density at radius 3 is 2.38 bits per heavy atom. The molecule has 0 unspecified atom stereocenters. The molecule has 180 valence electrons. The van der Waals surface area contributed by atoms with E-state index in [9.17, 15) is 4.79 Å². The number of benzene rings is 2. The maximum absolute atomic E-state index is 12.9. The molecule has 5 heteroatoms. The molecule has 1 saturated heterocycles. The minimum Gasteiger partial charge on any atom is -0.361 e. The zero-order valence-corrected chi connectivity index (χ0v) is 20.6. The van der Waals surface area contributed by atoms with Gasteiger partial charge in [0.1, 0.15) is 0 Å². The minimum absolute atomic E-state index is 0.116. The second-order valence-corrected chi connectivity index (χ2v) is 10.5. The van der Waals surface area contributed by atoms with Gasteiger partial charge in [-0.2, -0.15) is 0 Å². The molecule has 0 bridgehead atoms. The lowest BCUT2D eigenvalue weighted by atomic mass is 9.72. The Morgan fingerprint density at radius 2 is 1.68 bits per heavy atom. The monoisotopic (exact) mass is 458 g/mol. The number of nitrogens with one attached hydrogen (secondary N) is 2. The van der Waals surface area contributed by atoms with Crippen LogP contribution in [0.4, 0.5) is 4.79 Å². The number of carbonyl (C=O) groups is 1. The van der Waals surface area contributed by atoms with Gasteiger partial charge in [0.15, 0.2) is 0 Å². The molecule has 0 spiro atoms. The number of carbonyl (C=O) groups excluding carboxylic acids is 1. The second kappa shape index (κ2) is 9.83. The second-order valence-electron chi connectivity index (χ2n) is 10.5. The van der Waals surface area contributed by atoms with E-state index in [1.807, 2.05) is 4.90 Å². The number of aromatic nitrogens is 1. The molecule has 1 saturated carbocycles. The fourth-order valence-electron chi connectivity index (χ4n) is 6.27. The summed E-state index contributed by atoms with van der Waals surface area (Å²) in [7, 11) is 4.41. The van der Waals surface area contributed by atoms with Crippen LogP contribution in [0.1, 0.15) is 55.6 Å². The summed E-state index contributed by atoms with van der Waals surface area (Å²) in [5, 5.41) is 4.59. The van der Waals surface area contributed by atoms with Crippen molar-refractivity contribution in [3.8, 4) is 0 Å². The van der Waals surface area contributed by atoms with Gasteiger partial charge >= 0.3 is 6.03 Å². The van der Waals surface area contributed by atoms with Gasteiger partial charge in [0.2, 0.25) is 0 Å². The van der Waals surface area contributed by atoms with Crippen LogP contribution in [-0.4, -0.2) is 54.5 Å². The normalized spacial score (nSPS) is 24.0. The maximum Gasteiger partial charge on any atom is 0.317 e. The van der Waals surface area contributed by atoms with E-state index in [1.165, 1.54) is 22.0 Å². The Kier molecular flexibility index (Phi) is 6.64. The van der Waals surface area contributed by atoms with Crippen LogP contribution >= 0.6 is 0 Å². The van der Waals surface area contributed by atoms with Crippen LogP contribution in [0.5, 0.6) is 0 Å². The number of para-hydroxylation sites is 1. The standard InChI is InChI=1S/C29H38N4O/c1-32(2)29(24-8-4-3-5-9-24)16-12-22(13-17-29)20-31-28(34)33-18-14-23(15-19-33)26-21-30-27-11-7-6-10-25(26)27/h3-11,21-23,30H,12-20H2,1-2H3,(H,31,34). The first-order chi connectivity index (χ1) is 16.6. The molecule has 2 N–H and O–H groups in total. The van der Waals surface area contributed by atoms with Gasteiger partial charge in [-0.3, -0.25) is 4.90 Å². The van der Waals surface area contributed by atoms with Crippen LogP contribution in [0.3, 0.4) is 0 Å². The quantitative estimate of drug-likeness (QED) is 0.515. The summed E-state index contributed by atoms with van der Waals surface area (Å²) in [6, 6.07) is 19.6. The highest BCUT2D eigenvalue weighted by molar-refractivity contribution is 5.83. The van der Waals surface area contributed by atoms with Crippen molar-refractivity contribution in [1.82, 2.24) is 20.1 Å². The van der Waals surface area contributed by atoms with Crippen molar-refractivity contribution in [3.63, 3.8) is 0 Å². The third kappa shape index (κ3) is 4.46. The number of H-pyrrole nitrogens is 1. The molecule has 1 aromatic heterocycles. The number of hydrogen-bond donors (Lipinski definition) is 2. The number of likely N-dealkylation sites (tertiary alicyclic amines) is 1. The molecule has 1 aliphatic carbocycles. The molecule has 2 heterocycles. The number of piperidine rings is 1. The topological polar surface area (TPSA) is 51.4 Å². The Balaban J connectivity index is 1.11. The first kappa shape index (κ1) is 23.0. The van der Waals surface area contributed by atoms with E-state index >= 15 is 0 Å². The van der Waals surface area contributed by atoms with Gasteiger partial charge in [-0.15, -0.1) is 0 Å². The molecule has 2 amide bonds. The van der Waals surface area contributed by atoms with Crippen LogP contribution in [-0.2, 0) is 5.54 Å². The van der Waals surface area contributed by atoms with Crippen LogP contribution in [0, 0.1) is 5.92 Å². The van der Waals surface area contributed by atoms with Gasteiger partial charge in [0, 0.05) is 42.3 Å². The average Bonchev–Trinajstić information content (AvgIpc) is 3.32. The highest BCUT2D eigenvalue weighted by atomic mass is 16.2. The van der Waals surface area contributed by atoms with Gasteiger partial charge in [-0.25, -0.2) is 4.79 Å². The summed E-state index contributed by atoms with van der Waals surface area (Å²) in [6.07, 6.45) is 8.80. The Bertz CT molecular complexity index is 1090. The van der Waals surface area contributed by atoms with Gasteiger partial charge < -0.3 is 15.2 Å². The molecule has 1 aliphatic heterocycles. The van der Waals surface area contributed by atoms with Crippen molar-refractivity contribution >= 4 is 16.9 Å². The van der Waals surface area contributed by atoms with Crippen molar-refractivity contribution < 1.29 is 4.79 Å². The Morgan fingerprint density at radius 1 is 1.00 bits per heavy atom. The van der Waals surface area contributed by atoms with E-state index in [2.05, 4.69) is 90.1 Å². The Hall–Kier alpha value is -2.79. The molecule has 2 aromatic carbocycles. The Labute approximate surface area is 203 Å². The van der Waals surface area contributed by atoms with Crippen molar-refractivity contribution in [3.05, 3.63) is 71.9 Å². The van der Waals surface area contributed by atoms with Crippen LogP contribution < -0.4 is 5.32 Å². The van der Waals surface area contributed by atoms with Crippen molar-refractivity contribution in [2.75, 3.05) is 33.7 Å². The number of nitrogens with zero attached hydrogens (tertiary/aromatic N) is 2. The number of aromatic amines is 1. The first-order valence-corrected chi connectivity index (χ1v) is 12.9. The summed E-state index contributed by atoms with van der Waals surface area (Å²) >= 11 is 0. The summed E-state index contributed by atoms with van der Waals surface area (Å²) in [5.41, 5.74) is 4.14. The smallest absolute Gasteiger partial charge is 0.317 e. The zero-order chi connectivity index (χ0) is 23.5. The van der Waals surface area contributed by atoms with E-state index in [1.54, 1.807) is 0 Å². The molecule has 34 heavy (non-hydrogen) atoms. The largest absolute Gasteiger partial charge is 0.361 e. The first-order valence-electron chi connectivity index (χ1n) is 12.9. The number of hydrogen-bond acceptors (Lipinski definition) is 2. The third-order valence-electron chi connectivity index (χ3n) is 8.48. The molecular formula is C29H38N4O. The summed E-state index contributed by atoms with van der Waals surface area (Å²) in [6.45, 7) is 2.45. The van der Waals surface area contributed by atoms with E-state index in [0.29, 0.717) is 11.8 Å². The summed E-state index contributed by atoms with van der Waals surface area (Å²) in [4.78, 5) is 20.7. The number of rotatable bonds is 5. The molecule has 2 fully saturated rings. The van der Waals surface area contributed by atoms with Gasteiger partial charge in [0.25, 0.3) is 0 Å². The molecular weight excluding hydrogens is 420 g/mol. The highest BCUT2D eigenvalue weighted by Gasteiger charge is 2.38. The maximum atomic E-state index is 12.9. The molecule has 5 nitrogen and oxygen atoms in total. The fraction of sp³-hybridized carbons (Fsp3) is 0.483. The number of fused-ring (bicyclic) bond motifs is 1. The molecule has 0 atom stereocenters. The molecule has 2 aliphatic rings. The predicted octanol–water partition coefficient (Wildman–Crippen LogP) is 5.70. The minimum atomic E-state index is 0.116. The number of amides is 2. The zero-order valence-electron chi connectivity index (χ0n) is 20.6. The average molecular weight is 459 g/mol.